The summed E-state index contributed by atoms with van der Waals surface area (Å²) in [6.45, 7) is 4.21. The summed E-state index contributed by atoms with van der Waals surface area (Å²) in [5.41, 5.74) is 1.31. The maximum atomic E-state index is 12.4. The van der Waals surface area contributed by atoms with Gasteiger partial charge in [-0.25, -0.2) is 9.97 Å². The quantitative estimate of drug-likeness (QED) is 0.919. The third-order valence-electron chi connectivity index (χ3n) is 3.72. The van der Waals surface area contributed by atoms with Gasteiger partial charge in [0.1, 0.15) is 23.6 Å². The van der Waals surface area contributed by atoms with Crippen LogP contribution in [0.1, 0.15) is 30.3 Å². The van der Waals surface area contributed by atoms with Crippen molar-refractivity contribution in [1.82, 2.24) is 14.9 Å². The summed E-state index contributed by atoms with van der Waals surface area (Å²) in [5, 5.41) is 3.18. The van der Waals surface area contributed by atoms with E-state index in [1.54, 1.807) is 6.07 Å². The molecule has 1 saturated heterocycles. The lowest BCUT2D eigenvalue weighted by Gasteiger charge is -2.14. The van der Waals surface area contributed by atoms with E-state index < -0.39 is 0 Å². The van der Waals surface area contributed by atoms with Gasteiger partial charge in [0.2, 0.25) is 0 Å². The first-order chi connectivity index (χ1) is 11.3. The van der Waals surface area contributed by atoms with Gasteiger partial charge < -0.3 is 15.0 Å². The second kappa shape index (κ2) is 7.09. The molecule has 2 aromatic rings. The van der Waals surface area contributed by atoms with Gasteiger partial charge in [0.15, 0.2) is 0 Å². The van der Waals surface area contributed by atoms with Crippen LogP contribution in [-0.4, -0.2) is 40.5 Å². The van der Waals surface area contributed by atoms with Crippen molar-refractivity contribution in [1.29, 1.82) is 0 Å². The maximum Gasteiger partial charge on any atom is 0.272 e. The molecule has 0 aliphatic carbocycles. The standard InChI is InChI=1S/C17H20N4O2/c1-2-23-14-7-5-13(6-8-14)20-16-11-15(18-12-19-16)17(22)21-9-3-4-10-21/h5-8,11-12H,2-4,9-10H2,1H3,(H,18,19,20). The average molecular weight is 312 g/mol. The Balaban J connectivity index is 1.70. The number of likely N-dealkylation sites (tertiary alicyclic amines) is 1. The van der Waals surface area contributed by atoms with Crippen LogP contribution in [0, 0.1) is 0 Å². The Morgan fingerprint density at radius 2 is 1.96 bits per heavy atom. The highest BCUT2D eigenvalue weighted by Gasteiger charge is 2.20. The second-order valence-electron chi connectivity index (χ2n) is 5.37. The molecule has 23 heavy (non-hydrogen) atoms. The van der Waals surface area contributed by atoms with E-state index in [1.165, 1.54) is 6.33 Å². The van der Waals surface area contributed by atoms with Crippen LogP contribution in [0.5, 0.6) is 5.75 Å². The van der Waals surface area contributed by atoms with Crippen LogP contribution in [0.2, 0.25) is 0 Å². The minimum atomic E-state index is -0.0281. The Kier molecular flexibility index (Phi) is 4.71. The number of anilines is 2. The minimum absolute atomic E-state index is 0.0281. The van der Waals surface area contributed by atoms with Crippen molar-refractivity contribution >= 4 is 17.4 Å². The number of ether oxygens (including phenoxy) is 1. The number of hydrogen-bond acceptors (Lipinski definition) is 5. The van der Waals surface area contributed by atoms with Gasteiger partial charge in [0.25, 0.3) is 5.91 Å². The van der Waals surface area contributed by atoms with Gasteiger partial charge in [-0.1, -0.05) is 0 Å². The van der Waals surface area contributed by atoms with Crippen LogP contribution in [-0.2, 0) is 0 Å². The number of aromatic nitrogens is 2. The summed E-state index contributed by atoms with van der Waals surface area (Å²) in [6.07, 6.45) is 3.54. The highest BCUT2D eigenvalue weighted by molar-refractivity contribution is 5.93. The van der Waals surface area contributed by atoms with Crippen molar-refractivity contribution in [2.75, 3.05) is 25.0 Å². The zero-order valence-electron chi connectivity index (χ0n) is 13.2. The molecule has 1 amide bonds. The van der Waals surface area contributed by atoms with Crippen molar-refractivity contribution in [3.63, 3.8) is 0 Å². The van der Waals surface area contributed by atoms with Gasteiger partial charge >= 0.3 is 0 Å². The zero-order valence-corrected chi connectivity index (χ0v) is 13.2. The molecule has 6 nitrogen and oxygen atoms in total. The van der Waals surface area contributed by atoms with Crippen molar-refractivity contribution < 1.29 is 9.53 Å². The molecule has 1 aromatic heterocycles. The lowest BCUT2D eigenvalue weighted by molar-refractivity contribution is 0.0787. The molecule has 0 spiro atoms. The van der Waals surface area contributed by atoms with Gasteiger partial charge in [-0.3, -0.25) is 4.79 Å². The molecule has 6 heteroatoms. The predicted molar refractivity (Wildman–Crippen MR) is 88.1 cm³/mol. The Morgan fingerprint density at radius 1 is 1.22 bits per heavy atom. The summed E-state index contributed by atoms with van der Waals surface area (Å²) in [6, 6.07) is 9.30. The maximum absolute atomic E-state index is 12.4. The van der Waals surface area contributed by atoms with E-state index in [1.807, 2.05) is 36.1 Å². The monoisotopic (exact) mass is 312 g/mol. The molecule has 1 aliphatic rings. The van der Waals surface area contributed by atoms with Crippen molar-refractivity contribution in [2.45, 2.75) is 19.8 Å². The van der Waals surface area contributed by atoms with Crippen LogP contribution in [0.15, 0.2) is 36.7 Å². The second-order valence-corrected chi connectivity index (χ2v) is 5.37. The first-order valence-corrected chi connectivity index (χ1v) is 7.87. The Hall–Kier alpha value is -2.63. The van der Waals surface area contributed by atoms with Crippen LogP contribution in [0.25, 0.3) is 0 Å². The third kappa shape index (κ3) is 3.77. The molecule has 0 radical (unpaired) electrons. The van der Waals surface area contributed by atoms with Gasteiger partial charge in [0.05, 0.1) is 6.61 Å². The van der Waals surface area contributed by atoms with Gasteiger partial charge in [-0.2, -0.15) is 0 Å². The number of carbonyl (C=O) groups excluding carboxylic acids is 1. The van der Waals surface area contributed by atoms with Gasteiger partial charge in [0, 0.05) is 24.8 Å². The van der Waals surface area contributed by atoms with E-state index in [0.717, 1.165) is 37.4 Å². The van der Waals surface area contributed by atoms with E-state index in [0.29, 0.717) is 18.1 Å². The SMILES string of the molecule is CCOc1ccc(Nc2cc(C(=O)N3CCCC3)ncn2)cc1. The molecule has 0 bridgehead atoms. The highest BCUT2D eigenvalue weighted by Crippen LogP contribution is 2.20. The molecule has 120 valence electrons. The van der Waals surface area contributed by atoms with Crippen LogP contribution >= 0.6 is 0 Å². The number of carbonyl (C=O) groups is 1. The molecule has 1 aromatic carbocycles. The minimum Gasteiger partial charge on any atom is -0.494 e. The van der Waals surface area contributed by atoms with E-state index in [4.69, 9.17) is 4.74 Å². The molecular weight excluding hydrogens is 292 g/mol. The molecule has 0 unspecified atom stereocenters. The van der Waals surface area contributed by atoms with Crippen molar-refractivity contribution in [3.8, 4) is 5.75 Å². The smallest absolute Gasteiger partial charge is 0.272 e. The summed E-state index contributed by atoms with van der Waals surface area (Å²) < 4.78 is 5.42. The summed E-state index contributed by atoms with van der Waals surface area (Å²) >= 11 is 0. The molecule has 0 atom stereocenters. The first kappa shape index (κ1) is 15.3. The largest absolute Gasteiger partial charge is 0.494 e. The van der Waals surface area contributed by atoms with Crippen molar-refractivity contribution in [3.05, 3.63) is 42.4 Å². The fraction of sp³-hybridized carbons (Fsp3) is 0.353. The summed E-state index contributed by atoms with van der Waals surface area (Å²) in [7, 11) is 0. The fourth-order valence-electron chi connectivity index (χ4n) is 2.57. The normalized spacial score (nSPS) is 13.9. The number of nitrogens with zero attached hydrogens (tertiary/aromatic N) is 3. The molecule has 1 fully saturated rings. The number of hydrogen-bond donors (Lipinski definition) is 1. The molecule has 3 rings (SSSR count). The van der Waals surface area contributed by atoms with Crippen LogP contribution in [0.4, 0.5) is 11.5 Å². The zero-order chi connectivity index (χ0) is 16.1. The summed E-state index contributed by atoms with van der Waals surface area (Å²) in [4.78, 5) is 22.5. The number of benzene rings is 1. The molecule has 2 heterocycles. The van der Waals surface area contributed by atoms with Crippen molar-refractivity contribution in [2.24, 2.45) is 0 Å². The average Bonchev–Trinajstić information content (AvgIpc) is 3.11. The van der Waals surface area contributed by atoms with E-state index in [9.17, 15) is 4.79 Å². The first-order valence-electron chi connectivity index (χ1n) is 7.87. The molecular formula is C17H20N4O2. The third-order valence-corrected chi connectivity index (χ3v) is 3.72. The lowest BCUT2D eigenvalue weighted by Crippen LogP contribution is -2.28. The summed E-state index contributed by atoms with van der Waals surface area (Å²) in [5.74, 6) is 1.40. The van der Waals surface area contributed by atoms with Gasteiger partial charge in [-0.05, 0) is 44.0 Å². The topological polar surface area (TPSA) is 67.3 Å². The number of nitrogens with one attached hydrogen (secondary N) is 1. The van der Waals surface area contributed by atoms with E-state index >= 15 is 0 Å². The predicted octanol–water partition coefficient (Wildman–Crippen LogP) is 2.85. The molecule has 0 saturated carbocycles. The lowest BCUT2D eigenvalue weighted by atomic mass is 10.3. The Labute approximate surface area is 135 Å². The fourth-order valence-corrected chi connectivity index (χ4v) is 2.57. The Morgan fingerprint density at radius 3 is 2.65 bits per heavy atom. The highest BCUT2D eigenvalue weighted by atomic mass is 16.5. The van der Waals surface area contributed by atoms with E-state index in [2.05, 4.69) is 15.3 Å². The van der Waals surface area contributed by atoms with E-state index in [-0.39, 0.29) is 5.91 Å². The molecule has 1 aliphatic heterocycles. The van der Waals surface area contributed by atoms with Gasteiger partial charge in [-0.15, -0.1) is 0 Å². The number of rotatable bonds is 5. The number of amides is 1. The van der Waals surface area contributed by atoms with Crippen LogP contribution < -0.4 is 10.1 Å². The molecule has 1 N–H and O–H groups in total. The Bertz CT molecular complexity index is 667. The van der Waals surface area contributed by atoms with Crippen LogP contribution in [0.3, 0.4) is 0 Å².